The van der Waals surface area contributed by atoms with Gasteiger partial charge in [-0.2, -0.15) is 0 Å². The van der Waals surface area contributed by atoms with E-state index in [0.717, 1.165) is 10.5 Å². The molecule has 0 radical (unpaired) electrons. The maximum absolute atomic E-state index is 11.9. The Morgan fingerprint density at radius 2 is 2.05 bits per heavy atom. The van der Waals surface area contributed by atoms with Gasteiger partial charge in [0.25, 0.3) is 0 Å². The van der Waals surface area contributed by atoms with Crippen molar-refractivity contribution in [1.29, 1.82) is 0 Å². The number of thiophene rings is 1. The third-order valence-corrected chi connectivity index (χ3v) is 3.82. The lowest BCUT2D eigenvalue weighted by atomic mass is 10.1. The van der Waals surface area contributed by atoms with E-state index in [2.05, 4.69) is 5.32 Å². The van der Waals surface area contributed by atoms with E-state index in [9.17, 15) is 9.59 Å². The molecule has 0 saturated heterocycles. The summed E-state index contributed by atoms with van der Waals surface area (Å²) in [6, 6.07) is 1.80. The van der Waals surface area contributed by atoms with Crippen molar-refractivity contribution in [3.63, 3.8) is 0 Å². The van der Waals surface area contributed by atoms with Crippen LogP contribution < -0.4 is 5.32 Å². The highest BCUT2D eigenvalue weighted by molar-refractivity contribution is 7.16. The van der Waals surface area contributed by atoms with Crippen molar-refractivity contribution in [3.8, 4) is 0 Å². The molecule has 0 unspecified atom stereocenters. The average molecular weight is 295 g/mol. The zero-order chi connectivity index (χ0) is 15.3. The fourth-order valence-corrected chi connectivity index (χ4v) is 2.61. The van der Waals surface area contributed by atoms with Gasteiger partial charge in [-0.1, -0.05) is 19.4 Å². The number of carbonyl (C=O) groups excluding carboxylic acids is 2. The van der Waals surface area contributed by atoms with Crippen LogP contribution in [0.25, 0.3) is 0 Å². The normalized spacial score (nSPS) is 10.3. The Balaban J connectivity index is 3.06. The van der Waals surface area contributed by atoms with Gasteiger partial charge >= 0.3 is 5.97 Å². The maximum Gasteiger partial charge on any atom is 0.341 e. The van der Waals surface area contributed by atoms with Gasteiger partial charge in [0.1, 0.15) is 5.00 Å². The van der Waals surface area contributed by atoms with E-state index in [1.54, 1.807) is 13.0 Å². The minimum absolute atomic E-state index is 0.229. The molecule has 0 atom stereocenters. The van der Waals surface area contributed by atoms with Crippen LogP contribution in [0, 0.1) is 0 Å². The van der Waals surface area contributed by atoms with Gasteiger partial charge in [0.05, 0.1) is 12.2 Å². The van der Waals surface area contributed by atoms with Crippen LogP contribution in [-0.4, -0.2) is 18.5 Å². The monoisotopic (exact) mass is 295 g/mol. The summed E-state index contributed by atoms with van der Waals surface area (Å²) in [7, 11) is 0. The van der Waals surface area contributed by atoms with E-state index in [1.807, 2.05) is 27.7 Å². The van der Waals surface area contributed by atoms with E-state index >= 15 is 0 Å². The Hall–Kier alpha value is -1.62. The number of rotatable bonds is 5. The van der Waals surface area contributed by atoms with Gasteiger partial charge in [-0.25, -0.2) is 4.79 Å². The van der Waals surface area contributed by atoms with Crippen LogP contribution in [0.15, 0.2) is 17.7 Å². The van der Waals surface area contributed by atoms with Gasteiger partial charge < -0.3 is 10.1 Å². The Labute approximate surface area is 123 Å². The van der Waals surface area contributed by atoms with Gasteiger partial charge in [0.2, 0.25) is 5.91 Å². The van der Waals surface area contributed by atoms with E-state index < -0.39 is 5.97 Å². The topological polar surface area (TPSA) is 55.4 Å². The molecule has 0 aliphatic carbocycles. The Morgan fingerprint density at radius 3 is 2.55 bits per heavy atom. The summed E-state index contributed by atoms with van der Waals surface area (Å²) in [5.74, 6) is -0.335. The van der Waals surface area contributed by atoms with Crippen LogP contribution in [0.1, 0.15) is 55.8 Å². The first-order valence-corrected chi connectivity index (χ1v) is 7.43. The van der Waals surface area contributed by atoms with E-state index in [1.165, 1.54) is 17.4 Å². The molecule has 1 rings (SSSR count). The molecule has 0 spiro atoms. The second-order valence-corrected chi connectivity index (χ2v) is 6.06. The number of carbonyl (C=O) groups is 2. The number of amides is 1. The summed E-state index contributed by atoms with van der Waals surface area (Å²) in [5, 5.41) is 3.31. The van der Waals surface area contributed by atoms with Crippen molar-refractivity contribution in [1.82, 2.24) is 0 Å². The Morgan fingerprint density at radius 1 is 1.40 bits per heavy atom. The lowest BCUT2D eigenvalue weighted by molar-refractivity contribution is -0.111. The Kier molecular flexibility index (Phi) is 5.95. The summed E-state index contributed by atoms with van der Waals surface area (Å²) in [4.78, 5) is 24.8. The molecule has 20 heavy (non-hydrogen) atoms. The van der Waals surface area contributed by atoms with Gasteiger partial charge in [0.15, 0.2) is 0 Å². The van der Waals surface area contributed by atoms with Gasteiger partial charge in [-0.3, -0.25) is 4.79 Å². The van der Waals surface area contributed by atoms with Crippen molar-refractivity contribution in [2.24, 2.45) is 0 Å². The van der Waals surface area contributed by atoms with Crippen molar-refractivity contribution < 1.29 is 14.3 Å². The fourth-order valence-electron chi connectivity index (χ4n) is 1.56. The van der Waals surface area contributed by atoms with E-state index in [0.29, 0.717) is 23.1 Å². The second kappa shape index (κ2) is 7.24. The SMILES string of the molecule is CCOC(=O)c1cc(C(C)C)sc1NC(=O)C=C(C)C. The number of hydrogen-bond acceptors (Lipinski definition) is 4. The predicted octanol–water partition coefficient (Wildman–Crippen LogP) is 3.95. The van der Waals surface area contributed by atoms with Crippen LogP contribution in [0.4, 0.5) is 5.00 Å². The number of ether oxygens (including phenoxy) is 1. The molecule has 4 nitrogen and oxygen atoms in total. The van der Waals surface area contributed by atoms with E-state index in [4.69, 9.17) is 4.74 Å². The zero-order valence-electron chi connectivity index (χ0n) is 12.6. The molecule has 0 aliphatic heterocycles. The van der Waals surface area contributed by atoms with Crippen molar-refractivity contribution in [3.05, 3.63) is 28.2 Å². The zero-order valence-corrected chi connectivity index (χ0v) is 13.4. The third-order valence-electron chi connectivity index (χ3n) is 2.47. The lowest BCUT2D eigenvalue weighted by Crippen LogP contribution is -2.12. The number of hydrogen-bond donors (Lipinski definition) is 1. The predicted molar refractivity (Wildman–Crippen MR) is 82.4 cm³/mol. The van der Waals surface area contributed by atoms with E-state index in [-0.39, 0.29) is 5.91 Å². The largest absolute Gasteiger partial charge is 0.462 e. The van der Waals surface area contributed by atoms with Gasteiger partial charge in [-0.15, -0.1) is 11.3 Å². The van der Waals surface area contributed by atoms with Gasteiger partial charge in [-0.05, 0) is 32.8 Å². The Bertz CT molecular complexity index is 525. The fraction of sp³-hybridized carbons (Fsp3) is 0.467. The minimum Gasteiger partial charge on any atom is -0.462 e. The molecule has 5 heteroatoms. The van der Waals surface area contributed by atoms with Crippen LogP contribution in [0.3, 0.4) is 0 Å². The molecule has 0 bridgehead atoms. The quantitative estimate of drug-likeness (QED) is 0.661. The minimum atomic E-state index is -0.400. The molecule has 0 fully saturated rings. The van der Waals surface area contributed by atoms with Crippen LogP contribution in [0.2, 0.25) is 0 Å². The highest BCUT2D eigenvalue weighted by atomic mass is 32.1. The summed E-state index contributed by atoms with van der Waals surface area (Å²) < 4.78 is 5.03. The first kappa shape index (κ1) is 16.4. The molecule has 1 heterocycles. The lowest BCUT2D eigenvalue weighted by Gasteiger charge is -2.04. The molecule has 1 aromatic heterocycles. The molecule has 1 aromatic rings. The molecular weight excluding hydrogens is 274 g/mol. The number of esters is 1. The first-order valence-electron chi connectivity index (χ1n) is 6.61. The molecule has 1 amide bonds. The summed E-state index contributed by atoms with van der Waals surface area (Å²) in [6.45, 7) is 9.85. The molecule has 0 aliphatic rings. The number of anilines is 1. The van der Waals surface area contributed by atoms with Crippen LogP contribution in [0.5, 0.6) is 0 Å². The maximum atomic E-state index is 11.9. The summed E-state index contributed by atoms with van der Waals surface area (Å²) >= 11 is 1.42. The van der Waals surface area contributed by atoms with Crippen LogP contribution in [-0.2, 0) is 9.53 Å². The van der Waals surface area contributed by atoms with Crippen molar-refractivity contribution >= 4 is 28.2 Å². The highest BCUT2D eigenvalue weighted by Crippen LogP contribution is 2.33. The summed E-state index contributed by atoms with van der Waals surface area (Å²) in [6.07, 6.45) is 1.50. The second-order valence-electron chi connectivity index (χ2n) is 4.98. The standard InChI is InChI=1S/C15H21NO3S/c1-6-19-15(18)11-8-12(10(4)5)20-14(11)16-13(17)7-9(2)3/h7-8,10H,6H2,1-5H3,(H,16,17). The smallest absolute Gasteiger partial charge is 0.341 e. The highest BCUT2D eigenvalue weighted by Gasteiger charge is 2.19. The molecular formula is C15H21NO3S. The third kappa shape index (κ3) is 4.49. The van der Waals surface area contributed by atoms with Crippen molar-refractivity contribution in [2.45, 2.75) is 40.5 Å². The first-order chi connectivity index (χ1) is 9.35. The molecule has 0 aromatic carbocycles. The summed E-state index contributed by atoms with van der Waals surface area (Å²) in [5.41, 5.74) is 1.33. The molecule has 0 saturated carbocycles. The molecule has 1 N–H and O–H groups in total. The van der Waals surface area contributed by atoms with Crippen molar-refractivity contribution in [2.75, 3.05) is 11.9 Å². The average Bonchev–Trinajstić information content (AvgIpc) is 2.72. The number of allylic oxidation sites excluding steroid dienone is 1. The molecule has 110 valence electrons. The van der Waals surface area contributed by atoms with Crippen LogP contribution >= 0.6 is 11.3 Å². The van der Waals surface area contributed by atoms with Gasteiger partial charge in [0, 0.05) is 11.0 Å². The number of nitrogens with one attached hydrogen (secondary N) is 1.